The summed E-state index contributed by atoms with van der Waals surface area (Å²) in [4.78, 5) is 0. The van der Waals surface area contributed by atoms with Crippen LogP contribution in [0.25, 0.3) is 0 Å². The van der Waals surface area contributed by atoms with E-state index in [4.69, 9.17) is 4.43 Å². The van der Waals surface area contributed by atoms with Crippen molar-refractivity contribution in [2.24, 2.45) is 5.92 Å². The van der Waals surface area contributed by atoms with Crippen LogP contribution in [0.15, 0.2) is 0 Å². The number of rotatable bonds is 5. The molecule has 1 rings (SSSR count). The summed E-state index contributed by atoms with van der Waals surface area (Å²) in [7, 11) is -1.54. The predicted octanol–water partition coefficient (Wildman–Crippen LogP) is 3.17. The highest BCUT2D eigenvalue weighted by molar-refractivity contribution is 6.74. The lowest BCUT2D eigenvalue weighted by Gasteiger charge is -2.36. The Bertz CT molecular complexity index is 208. The molecule has 0 aromatic carbocycles. The van der Waals surface area contributed by atoms with Crippen molar-refractivity contribution < 1.29 is 9.53 Å². The lowest BCUT2D eigenvalue weighted by atomic mass is 10.2. The first-order valence-electron chi connectivity index (χ1n) is 6.06. The summed E-state index contributed by atoms with van der Waals surface area (Å²) in [6.45, 7) is 12.3. The Labute approximate surface area is 95.2 Å². The highest BCUT2D eigenvalue weighted by Crippen LogP contribution is 2.37. The Kier molecular flexibility index (Phi) is 4.01. The molecular formula is C12H26O2Si. The van der Waals surface area contributed by atoms with E-state index >= 15 is 0 Å². The van der Waals surface area contributed by atoms with Gasteiger partial charge in [-0.25, -0.2) is 0 Å². The summed E-state index contributed by atoms with van der Waals surface area (Å²) in [6.07, 6.45) is 3.25. The third-order valence-corrected chi connectivity index (χ3v) is 8.41. The van der Waals surface area contributed by atoms with Crippen LogP contribution in [-0.4, -0.2) is 26.1 Å². The standard InChI is InChI=1S/C12H26O2Si/c1-12(2,3)15(4,5)14-8-6-7-10-9-11(10)13/h10-11,13H,6-9H2,1-5H3. The van der Waals surface area contributed by atoms with Gasteiger partial charge in [-0.3, -0.25) is 0 Å². The molecule has 0 saturated heterocycles. The molecule has 1 aliphatic rings. The van der Waals surface area contributed by atoms with Crippen molar-refractivity contribution in [2.75, 3.05) is 6.61 Å². The average Bonchev–Trinajstić information content (AvgIpc) is 2.74. The molecule has 1 saturated carbocycles. The van der Waals surface area contributed by atoms with E-state index in [1.807, 2.05) is 0 Å². The van der Waals surface area contributed by atoms with Crippen LogP contribution in [0.4, 0.5) is 0 Å². The molecule has 2 atom stereocenters. The van der Waals surface area contributed by atoms with Crippen molar-refractivity contribution in [1.29, 1.82) is 0 Å². The Balaban J connectivity index is 2.13. The molecule has 2 nitrogen and oxygen atoms in total. The van der Waals surface area contributed by atoms with Gasteiger partial charge in [0.1, 0.15) is 0 Å². The third kappa shape index (κ3) is 3.89. The second-order valence-electron chi connectivity index (χ2n) is 6.31. The van der Waals surface area contributed by atoms with Crippen molar-refractivity contribution in [1.82, 2.24) is 0 Å². The van der Waals surface area contributed by atoms with Gasteiger partial charge < -0.3 is 9.53 Å². The van der Waals surface area contributed by atoms with E-state index in [9.17, 15) is 5.11 Å². The monoisotopic (exact) mass is 230 g/mol. The number of aliphatic hydroxyl groups is 1. The molecule has 0 aliphatic heterocycles. The van der Waals surface area contributed by atoms with Gasteiger partial charge in [0.2, 0.25) is 0 Å². The van der Waals surface area contributed by atoms with Crippen LogP contribution >= 0.6 is 0 Å². The van der Waals surface area contributed by atoms with Gasteiger partial charge in [0.25, 0.3) is 0 Å². The van der Waals surface area contributed by atoms with Gasteiger partial charge in [-0.1, -0.05) is 20.8 Å². The van der Waals surface area contributed by atoms with Crippen molar-refractivity contribution >= 4 is 8.32 Å². The van der Waals surface area contributed by atoms with E-state index in [1.165, 1.54) is 0 Å². The zero-order valence-electron chi connectivity index (χ0n) is 10.8. The first kappa shape index (κ1) is 13.2. The third-order valence-electron chi connectivity index (χ3n) is 3.87. The highest BCUT2D eigenvalue weighted by atomic mass is 28.4. The first-order chi connectivity index (χ1) is 6.74. The highest BCUT2D eigenvalue weighted by Gasteiger charge is 2.37. The van der Waals surface area contributed by atoms with E-state index in [-0.39, 0.29) is 6.10 Å². The normalized spacial score (nSPS) is 26.8. The molecule has 1 N–H and O–H groups in total. The number of aliphatic hydroxyl groups excluding tert-OH is 1. The van der Waals surface area contributed by atoms with E-state index in [0.717, 1.165) is 25.9 Å². The van der Waals surface area contributed by atoms with Crippen LogP contribution < -0.4 is 0 Å². The Hall–Kier alpha value is 0.137. The Morgan fingerprint density at radius 1 is 1.33 bits per heavy atom. The van der Waals surface area contributed by atoms with Crippen LogP contribution in [-0.2, 0) is 4.43 Å². The van der Waals surface area contributed by atoms with Crippen LogP contribution in [0.2, 0.25) is 18.1 Å². The van der Waals surface area contributed by atoms with E-state index < -0.39 is 8.32 Å². The van der Waals surface area contributed by atoms with Crippen molar-refractivity contribution in [3.05, 3.63) is 0 Å². The van der Waals surface area contributed by atoms with Crippen LogP contribution in [0.1, 0.15) is 40.0 Å². The topological polar surface area (TPSA) is 29.5 Å². The minimum Gasteiger partial charge on any atom is -0.417 e. The molecule has 0 aromatic rings. The second kappa shape index (κ2) is 4.56. The van der Waals surface area contributed by atoms with Crippen LogP contribution in [0.5, 0.6) is 0 Å². The molecule has 90 valence electrons. The van der Waals surface area contributed by atoms with E-state index in [0.29, 0.717) is 11.0 Å². The van der Waals surface area contributed by atoms with Crippen LogP contribution in [0, 0.1) is 5.92 Å². The van der Waals surface area contributed by atoms with Gasteiger partial charge in [0, 0.05) is 6.61 Å². The smallest absolute Gasteiger partial charge is 0.191 e. The average molecular weight is 230 g/mol. The molecule has 1 fully saturated rings. The minimum atomic E-state index is -1.54. The van der Waals surface area contributed by atoms with E-state index in [1.54, 1.807) is 0 Å². The molecule has 0 heterocycles. The Morgan fingerprint density at radius 2 is 1.87 bits per heavy atom. The molecular weight excluding hydrogens is 204 g/mol. The van der Waals surface area contributed by atoms with Gasteiger partial charge in [-0.05, 0) is 43.3 Å². The van der Waals surface area contributed by atoms with Crippen molar-refractivity contribution in [2.45, 2.75) is 64.3 Å². The predicted molar refractivity (Wildman–Crippen MR) is 66.5 cm³/mol. The molecule has 2 unspecified atom stereocenters. The van der Waals surface area contributed by atoms with Gasteiger partial charge in [-0.2, -0.15) is 0 Å². The summed E-state index contributed by atoms with van der Waals surface area (Å²) in [5.41, 5.74) is 0. The van der Waals surface area contributed by atoms with Gasteiger partial charge in [0.15, 0.2) is 8.32 Å². The fraction of sp³-hybridized carbons (Fsp3) is 1.00. The summed E-state index contributed by atoms with van der Waals surface area (Å²) in [5.74, 6) is 0.577. The zero-order valence-corrected chi connectivity index (χ0v) is 11.8. The fourth-order valence-corrected chi connectivity index (χ4v) is 2.52. The molecule has 15 heavy (non-hydrogen) atoms. The molecule has 1 aliphatic carbocycles. The maximum Gasteiger partial charge on any atom is 0.191 e. The summed E-state index contributed by atoms with van der Waals surface area (Å²) >= 11 is 0. The van der Waals surface area contributed by atoms with Crippen molar-refractivity contribution in [3.8, 4) is 0 Å². The summed E-state index contributed by atoms with van der Waals surface area (Å²) in [6, 6.07) is 0. The van der Waals surface area contributed by atoms with Gasteiger partial charge in [0.05, 0.1) is 6.10 Å². The first-order valence-corrected chi connectivity index (χ1v) is 8.97. The van der Waals surface area contributed by atoms with Gasteiger partial charge >= 0.3 is 0 Å². The minimum absolute atomic E-state index is 0.00197. The zero-order chi connectivity index (χ0) is 11.7. The molecule has 0 aromatic heterocycles. The number of hydrogen-bond donors (Lipinski definition) is 1. The van der Waals surface area contributed by atoms with Crippen molar-refractivity contribution in [3.63, 3.8) is 0 Å². The van der Waals surface area contributed by atoms with E-state index in [2.05, 4.69) is 33.9 Å². The van der Waals surface area contributed by atoms with Crippen LogP contribution in [0.3, 0.4) is 0 Å². The maximum atomic E-state index is 9.18. The van der Waals surface area contributed by atoms with Gasteiger partial charge in [-0.15, -0.1) is 0 Å². The SMILES string of the molecule is CC(C)(C)[Si](C)(C)OCCCC1CC1O. The lowest BCUT2D eigenvalue weighted by Crippen LogP contribution is -2.40. The fourth-order valence-electron chi connectivity index (χ4n) is 1.43. The lowest BCUT2D eigenvalue weighted by molar-refractivity contribution is 0.243. The summed E-state index contributed by atoms with van der Waals surface area (Å²) < 4.78 is 6.06. The molecule has 0 spiro atoms. The Morgan fingerprint density at radius 3 is 2.27 bits per heavy atom. The molecule has 3 heteroatoms. The number of hydrogen-bond acceptors (Lipinski definition) is 2. The molecule has 0 radical (unpaired) electrons. The largest absolute Gasteiger partial charge is 0.417 e. The second-order valence-corrected chi connectivity index (χ2v) is 11.1. The summed E-state index contributed by atoms with van der Waals surface area (Å²) in [5, 5.41) is 9.49. The molecule has 0 amide bonds. The quantitative estimate of drug-likeness (QED) is 0.581. The maximum absolute atomic E-state index is 9.18. The molecule has 0 bridgehead atoms.